The van der Waals surface area contributed by atoms with E-state index in [1.165, 1.54) is 12.1 Å². The number of morpholine rings is 1. The zero-order valence-electron chi connectivity index (χ0n) is 12.8. The summed E-state index contributed by atoms with van der Waals surface area (Å²) in [7, 11) is 0. The summed E-state index contributed by atoms with van der Waals surface area (Å²) in [6, 6.07) is 6.34. The zero-order chi connectivity index (χ0) is 15.4. The Morgan fingerprint density at radius 1 is 1.27 bits per heavy atom. The van der Waals surface area contributed by atoms with Crippen molar-refractivity contribution in [2.45, 2.75) is 18.8 Å². The number of ether oxygens (including phenoxy) is 1. The summed E-state index contributed by atoms with van der Waals surface area (Å²) < 4.78 is 18.4. The fourth-order valence-electron chi connectivity index (χ4n) is 3.01. The molecule has 2 aliphatic rings. The van der Waals surface area contributed by atoms with Crippen molar-refractivity contribution in [3.8, 4) is 0 Å². The SMILES string of the molecule is O=C(NCCN1CCOCC1)C(c1ccc(F)cc1)C1CC1. The monoisotopic (exact) mass is 306 g/mol. The molecule has 120 valence electrons. The van der Waals surface area contributed by atoms with Gasteiger partial charge in [-0.15, -0.1) is 0 Å². The molecule has 0 radical (unpaired) electrons. The summed E-state index contributed by atoms with van der Waals surface area (Å²) in [6.07, 6.45) is 2.16. The van der Waals surface area contributed by atoms with E-state index in [1.54, 1.807) is 12.1 Å². The highest BCUT2D eigenvalue weighted by Gasteiger charge is 2.37. The summed E-state index contributed by atoms with van der Waals surface area (Å²) in [5.41, 5.74) is 0.924. The van der Waals surface area contributed by atoms with Crippen LogP contribution in [0.4, 0.5) is 4.39 Å². The second-order valence-electron chi connectivity index (χ2n) is 6.11. The van der Waals surface area contributed by atoms with E-state index in [2.05, 4.69) is 10.2 Å². The largest absolute Gasteiger partial charge is 0.379 e. The number of amides is 1. The van der Waals surface area contributed by atoms with Crippen LogP contribution >= 0.6 is 0 Å². The van der Waals surface area contributed by atoms with Crippen LogP contribution in [0, 0.1) is 11.7 Å². The number of nitrogens with one attached hydrogen (secondary N) is 1. The molecule has 1 aromatic carbocycles. The van der Waals surface area contributed by atoms with Crippen LogP contribution in [0.3, 0.4) is 0 Å². The average Bonchev–Trinajstić information content (AvgIpc) is 3.35. The smallest absolute Gasteiger partial charge is 0.227 e. The summed E-state index contributed by atoms with van der Waals surface area (Å²) in [4.78, 5) is 14.8. The van der Waals surface area contributed by atoms with Gasteiger partial charge in [0.15, 0.2) is 0 Å². The molecule has 1 N–H and O–H groups in total. The van der Waals surface area contributed by atoms with Gasteiger partial charge in [0.05, 0.1) is 19.1 Å². The lowest BCUT2D eigenvalue weighted by Gasteiger charge is -2.27. The second kappa shape index (κ2) is 7.20. The van der Waals surface area contributed by atoms with Gasteiger partial charge < -0.3 is 10.1 Å². The number of benzene rings is 1. The molecule has 1 amide bonds. The highest BCUT2D eigenvalue weighted by Crippen LogP contribution is 2.42. The van der Waals surface area contributed by atoms with Gasteiger partial charge in [0.25, 0.3) is 0 Å². The van der Waals surface area contributed by atoms with E-state index in [-0.39, 0.29) is 17.6 Å². The molecule has 1 atom stereocenters. The molecule has 5 heteroatoms. The molecule has 0 spiro atoms. The summed E-state index contributed by atoms with van der Waals surface area (Å²) in [6.45, 7) is 4.92. The molecule has 4 nitrogen and oxygen atoms in total. The van der Waals surface area contributed by atoms with Crippen LogP contribution in [0.5, 0.6) is 0 Å². The molecule has 0 aromatic heterocycles. The number of nitrogens with zero attached hydrogens (tertiary/aromatic N) is 1. The van der Waals surface area contributed by atoms with Gasteiger partial charge >= 0.3 is 0 Å². The number of carbonyl (C=O) groups is 1. The van der Waals surface area contributed by atoms with Crippen LogP contribution in [-0.2, 0) is 9.53 Å². The van der Waals surface area contributed by atoms with E-state index >= 15 is 0 Å². The highest BCUT2D eigenvalue weighted by atomic mass is 19.1. The van der Waals surface area contributed by atoms with Crippen molar-refractivity contribution < 1.29 is 13.9 Å². The summed E-state index contributed by atoms with van der Waals surface area (Å²) in [5.74, 6) is 0.0903. The van der Waals surface area contributed by atoms with Crippen molar-refractivity contribution in [1.29, 1.82) is 0 Å². The van der Waals surface area contributed by atoms with Crippen molar-refractivity contribution in [2.24, 2.45) is 5.92 Å². The van der Waals surface area contributed by atoms with Gasteiger partial charge in [-0.1, -0.05) is 12.1 Å². The van der Waals surface area contributed by atoms with Crippen LogP contribution in [0.25, 0.3) is 0 Å². The Kier molecular flexibility index (Phi) is 5.05. The van der Waals surface area contributed by atoms with Crippen LogP contribution in [0.1, 0.15) is 24.3 Å². The third kappa shape index (κ3) is 4.05. The van der Waals surface area contributed by atoms with E-state index in [9.17, 15) is 9.18 Å². The van der Waals surface area contributed by atoms with Gasteiger partial charge in [-0.25, -0.2) is 4.39 Å². The minimum Gasteiger partial charge on any atom is -0.379 e. The zero-order valence-corrected chi connectivity index (χ0v) is 12.8. The Balaban J connectivity index is 1.53. The fourth-order valence-corrected chi connectivity index (χ4v) is 3.01. The lowest BCUT2D eigenvalue weighted by Crippen LogP contribution is -2.42. The Morgan fingerprint density at radius 3 is 2.59 bits per heavy atom. The molecule has 2 fully saturated rings. The summed E-state index contributed by atoms with van der Waals surface area (Å²) >= 11 is 0. The van der Waals surface area contributed by atoms with Gasteiger partial charge in [-0.05, 0) is 36.5 Å². The van der Waals surface area contributed by atoms with E-state index in [4.69, 9.17) is 4.74 Å². The quantitative estimate of drug-likeness (QED) is 0.871. The summed E-state index contributed by atoms with van der Waals surface area (Å²) in [5, 5.41) is 3.05. The van der Waals surface area contributed by atoms with Gasteiger partial charge in [0, 0.05) is 26.2 Å². The van der Waals surface area contributed by atoms with E-state index in [0.717, 1.165) is 51.3 Å². The first-order valence-corrected chi connectivity index (χ1v) is 8.07. The predicted molar refractivity (Wildman–Crippen MR) is 82.1 cm³/mol. The molecule has 1 saturated heterocycles. The number of hydrogen-bond donors (Lipinski definition) is 1. The number of halogens is 1. The number of hydrogen-bond acceptors (Lipinski definition) is 3. The third-order valence-electron chi connectivity index (χ3n) is 4.44. The van der Waals surface area contributed by atoms with Gasteiger partial charge in [0.1, 0.15) is 5.82 Å². The molecule has 0 bridgehead atoms. The van der Waals surface area contributed by atoms with Crippen LogP contribution < -0.4 is 5.32 Å². The minimum absolute atomic E-state index is 0.0716. The second-order valence-corrected chi connectivity index (χ2v) is 6.11. The molecule has 1 unspecified atom stereocenters. The molecule has 1 aliphatic carbocycles. The topological polar surface area (TPSA) is 41.6 Å². The maximum atomic E-state index is 13.1. The van der Waals surface area contributed by atoms with Crippen molar-refractivity contribution in [3.05, 3.63) is 35.6 Å². The molecule has 1 aromatic rings. The first-order valence-electron chi connectivity index (χ1n) is 8.07. The lowest BCUT2D eigenvalue weighted by molar-refractivity contribution is -0.123. The maximum Gasteiger partial charge on any atom is 0.227 e. The van der Waals surface area contributed by atoms with Crippen LogP contribution in [-0.4, -0.2) is 50.2 Å². The van der Waals surface area contributed by atoms with E-state index in [1.807, 2.05) is 0 Å². The average molecular weight is 306 g/mol. The maximum absolute atomic E-state index is 13.1. The first kappa shape index (κ1) is 15.4. The van der Waals surface area contributed by atoms with E-state index < -0.39 is 0 Å². The van der Waals surface area contributed by atoms with Gasteiger partial charge in [-0.3, -0.25) is 9.69 Å². The molecule has 1 saturated carbocycles. The fraction of sp³-hybridized carbons (Fsp3) is 0.588. The standard InChI is InChI=1S/C17H23FN2O2/c18-15-5-3-14(4-6-15)16(13-1-2-13)17(21)19-7-8-20-9-11-22-12-10-20/h3-6,13,16H,1-2,7-12H2,(H,19,21). The molecule has 3 rings (SSSR count). The molecule has 1 heterocycles. The third-order valence-corrected chi connectivity index (χ3v) is 4.44. The van der Waals surface area contributed by atoms with Crippen molar-refractivity contribution in [3.63, 3.8) is 0 Å². The van der Waals surface area contributed by atoms with Crippen LogP contribution in [0.2, 0.25) is 0 Å². The van der Waals surface area contributed by atoms with Crippen LogP contribution in [0.15, 0.2) is 24.3 Å². The lowest BCUT2D eigenvalue weighted by atomic mass is 9.93. The highest BCUT2D eigenvalue weighted by molar-refractivity contribution is 5.84. The van der Waals surface area contributed by atoms with Crippen molar-refractivity contribution in [2.75, 3.05) is 39.4 Å². The molecular weight excluding hydrogens is 283 g/mol. The predicted octanol–water partition coefficient (Wildman–Crippen LogP) is 1.77. The number of rotatable bonds is 6. The van der Waals surface area contributed by atoms with E-state index in [0.29, 0.717) is 12.5 Å². The minimum atomic E-state index is -0.258. The van der Waals surface area contributed by atoms with Gasteiger partial charge in [-0.2, -0.15) is 0 Å². The first-order chi connectivity index (χ1) is 10.7. The normalized spacial score (nSPS) is 20.6. The Labute approximate surface area is 130 Å². The molecule has 22 heavy (non-hydrogen) atoms. The van der Waals surface area contributed by atoms with Gasteiger partial charge in [0.2, 0.25) is 5.91 Å². The Hall–Kier alpha value is -1.46. The molecular formula is C17H23FN2O2. The number of carbonyl (C=O) groups excluding carboxylic acids is 1. The van der Waals surface area contributed by atoms with Crippen molar-refractivity contribution in [1.82, 2.24) is 10.2 Å². The Morgan fingerprint density at radius 2 is 1.95 bits per heavy atom. The Bertz CT molecular complexity index is 496. The molecule has 1 aliphatic heterocycles. The van der Waals surface area contributed by atoms with Crippen molar-refractivity contribution >= 4 is 5.91 Å².